The van der Waals surface area contributed by atoms with Gasteiger partial charge < -0.3 is 15.1 Å². The molecule has 2 fully saturated rings. The quantitative estimate of drug-likeness (QED) is 0.911. The number of carbonyl (C=O) groups is 1. The number of carbonyl (C=O) groups excluding carboxylic acids is 1. The molecular weight excluding hydrogens is 334 g/mol. The minimum atomic E-state index is 0.0299. The molecule has 2 aromatic rings. The highest BCUT2D eigenvalue weighted by Gasteiger charge is 2.24. The van der Waals surface area contributed by atoms with Gasteiger partial charge in [-0.2, -0.15) is 0 Å². The van der Waals surface area contributed by atoms with Gasteiger partial charge in [0.1, 0.15) is 18.0 Å². The molecular formula is C18H23N5OS. The largest absolute Gasteiger partial charge is 0.356 e. The van der Waals surface area contributed by atoms with Crippen molar-refractivity contribution in [1.82, 2.24) is 15.3 Å². The number of hydrogen-bond donors (Lipinski definition) is 1. The molecule has 0 unspecified atom stereocenters. The van der Waals surface area contributed by atoms with Gasteiger partial charge in [0.15, 0.2) is 0 Å². The van der Waals surface area contributed by atoms with Crippen molar-refractivity contribution in [2.45, 2.75) is 31.7 Å². The number of aromatic nitrogens is 2. The molecule has 2 saturated heterocycles. The van der Waals surface area contributed by atoms with Crippen LogP contribution in [0.4, 0.5) is 11.6 Å². The van der Waals surface area contributed by atoms with Crippen molar-refractivity contribution >= 4 is 28.9 Å². The predicted molar refractivity (Wildman–Crippen MR) is 100 cm³/mol. The molecule has 2 aliphatic heterocycles. The fourth-order valence-electron chi connectivity index (χ4n) is 3.60. The first kappa shape index (κ1) is 16.3. The summed E-state index contributed by atoms with van der Waals surface area (Å²) in [6.45, 7) is 3.93. The van der Waals surface area contributed by atoms with Gasteiger partial charge in [0.05, 0.1) is 4.88 Å². The highest BCUT2D eigenvalue weighted by molar-refractivity contribution is 7.12. The molecule has 1 amide bonds. The van der Waals surface area contributed by atoms with Crippen molar-refractivity contribution < 1.29 is 4.79 Å². The summed E-state index contributed by atoms with van der Waals surface area (Å²) >= 11 is 1.48. The molecule has 132 valence electrons. The van der Waals surface area contributed by atoms with Crippen LogP contribution >= 0.6 is 11.3 Å². The zero-order valence-electron chi connectivity index (χ0n) is 14.2. The van der Waals surface area contributed by atoms with E-state index in [-0.39, 0.29) is 11.9 Å². The number of amides is 1. The number of anilines is 2. The summed E-state index contributed by atoms with van der Waals surface area (Å²) in [5.41, 5.74) is 0. The van der Waals surface area contributed by atoms with Gasteiger partial charge in [-0.25, -0.2) is 9.97 Å². The van der Waals surface area contributed by atoms with Crippen molar-refractivity contribution in [3.63, 3.8) is 0 Å². The van der Waals surface area contributed by atoms with E-state index in [0.29, 0.717) is 0 Å². The maximum absolute atomic E-state index is 12.3. The van der Waals surface area contributed by atoms with E-state index in [1.807, 2.05) is 17.5 Å². The number of nitrogens with zero attached hydrogens (tertiary/aromatic N) is 4. The van der Waals surface area contributed by atoms with E-state index in [2.05, 4.69) is 31.2 Å². The van der Waals surface area contributed by atoms with Crippen LogP contribution in [0.2, 0.25) is 0 Å². The Hall–Kier alpha value is -2.15. The lowest BCUT2D eigenvalue weighted by Crippen LogP contribution is -2.48. The molecule has 4 heterocycles. The molecule has 6 nitrogen and oxygen atoms in total. The Kier molecular flexibility index (Phi) is 4.83. The summed E-state index contributed by atoms with van der Waals surface area (Å²) in [6.07, 6.45) is 6.20. The van der Waals surface area contributed by atoms with Gasteiger partial charge in [0.25, 0.3) is 5.91 Å². The standard InChI is InChI=1S/C18H23N5OS/c24-18(15-6-4-10-25-15)21-14-5-3-9-23(12-14)17-11-16(19-13-20-17)22-7-1-2-8-22/h4,6,10-11,13-14H,1-3,5,7-9,12H2,(H,21,24)/t14-/m1/s1. The summed E-state index contributed by atoms with van der Waals surface area (Å²) in [5.74, 6) is 2.02. The lowest BCUT2D eigenvalue weighted by Gasteiger charge is -2.34. The van der Waals surface area contributed by atoms with E-state index in [4.69, 9.17) is 0 Å². The molecule has 0 spiro atoms. The molecule has 4 rings (SSSR count). The van der Waals surface area contributed by atoms with E-state index < -0.39 is 0 Å². The summed E-state index contributed by atoms with van der Waals surface area (Å²) in [5, 5.41) is 5.10. The first-order chi connectivity index (χ1) is 12.3. The van der Waals surface area contributed by atoms with Crippen molar-refractivity contribution in [2.24, 2.45) is 0 Å². The molecule has 0 aromatic carbocycles. The van der Waals surface area contributed by atoms with E-state index in [9.17, 15) is 4.79 Å². The van der Waals surface area contributed by atoms with Crippen molar-refractivity contribution in [2.75, 3.05) is 36.0 Å². The van der Waals surface area contributed by atoms with Crippen LogP contribution < -0.4 is 15.1 Å². The number of rotatable bonds is 4. The highest BCUT2D eigenvalue weighted by atomic mass is 32.1. The smallest absolute Gasteiger partial charge is 0.261 e. The average molecular weight is 357 g/mol. The Morgan fingerprint density at radius 2 is 1.88 bits per heavy atom. The van der Waals surface area contributed by atoms with Crippen LogP contribution in [0.1, 0.15) is 35.4 Å². The first-order valence-corrected chi connectivity index (χ1v) is 9.84. The molecule has 2 aromatic heterocycles. The van der Waals surface area contributed by atoms with E-state index in [0.717, 1.165) is 55.5 Å². The Bertz CT molecular complexity index is 714. The van der Waals surface area contributed by atoms with Crippen molar-refractivity contribution in [3.8, 4) is 0 Å². The Labute approximate surface area is 151 Å². The molecule has 0 radical (unpaired) electrons. The third kappa shape index (κ3) is 3.76. The lowest BCUT2D eigenvalue weighted by atomic mass is 10.1. The predicted octanol–water partition coefficient (Wildman–Crippen LogP) is 2.54. The first-order valence-electron chi connectivity index (χ1n) is 8.96. The second-order valence-electron chi connectivity index (χ2n) is 6.66. The van der Waals surface area contributed by atoms with Crippen LogP contribution in [0.25, 0.3) is 0 Å². The number of hydrogen-bond acceptors (Lipinski definition) is 6. The molecule has 0 aliphatic carbocycles. The van der Waals surface area contributed by atoms with E-state index in [1.54, 1.807) is 6.33 Å². The van der Waals surface area contributed by atoms with Gasteiger partial charge in [-0.05, 0) is 37.1 Å². The monoisotopic (exact) mass is 357 g/mol. The summed E-state index contributed by atoms with van der Waals surface area (Å²) < 4.78 is 0. The Morgan fingerprint density at radius 3 is 2.64 bits per heavy atom. The SMILES string of the molecule is O=C(N[C@@H]1CCCN(c2cc(N3CCCC3)ncn2)C1)c1cccs1. The molecule has 25 heavy (non-hydrogen) atoms. The summed E-state index contributed by atoms with van der Waals surface area (Å²) in [6, 6.07) is 6.03. The lowest BCUT2D eigenvalue weighted by molar-refractivity contribution is 0.0937. The second kappa shape index (κ2) is 7.39. The third-order valence-corrected chi connectivity index (χ3v) is 5.76. The van der Waals surface area contributed by atoms with Gasteiger partial charge in [0.2, 0.25) is 0 Å². The van der Waals surface area contributed by atoms with Crippen LogP contribution in [0.5, 0.6) is 0 Å². The van der Waals surface area contributed by atoms with Crippen LogP contribution in [0.3, 0.4) is 0 Å². The van der Waals surface area contributed by atoms with Gasteiger partial charge >= 0.3 is 0 Å². The van der Waals surface area contributed by atoms with Crippen molar-refractivity contribution in [3.05, 3.63) is 34.8 Å². The molecule has 0 saturated carbocycles. The molecule has 7 heteroatoms. The molecule has 2 aliphatic rings. The van der Waals surface area contributed by atoms with Crippen LogP contribution in [-0.2, 0) is 0 Å². The van der Waals surface area contributed by atoms with Gasteiger partial charge in [0, 0.05) is 38.3 Å². The number of piperidine rings is 1. The molecule has 1 atom stereocenters. The number of nitrogens with one attached hydrogen (secondary N) is 1. The maximum atomic E-state index is 12.3. The second-order valence-corrected chi connectivity index (χ2v) is 7.61. The topological polar surface area (TPSA) is 61.4 Å². The van der Waals surface area contributed by atoms with Crippen LogP contribution in [-0.4, -0.2) is 48.1 Å². The third-order valence-electron chi connectivity index (χ3n) is 4.89. The highest BCUT2D eigenvalue weighted by Crippen LogP contribution is 2.24. The normalized spacial score (nSPS) is 20.7. The van der Waals surface area contributed by atoms with E-state index in [1.165, 1.54) is 24.2 Å². The fraction of sp³-hybridized carbons (Fsp3) is 0.500. The van der Waals surface area contributed by atoms with Gasteiger partial charge in [-0.1, -0.05) is 6.07 Å². The fourth-order valence-corrected chi connectivity index (χ4v) is 4.22. The number of thiophene rings is 1. The van der Waals surface area contributed by atoms with Crippen LogP contribution in [0.15, 0.2) is 29.9 Å². The average Bonchev–Trinajstić information content (AvgIpc) is 3.36. The Morgan fingerprint density at radius 1 is 1.12 bits per heavy atom. The van der Waals surface area contributed by atoms with Gasteiger partial charge in [-0.3, -0.25) is 4.79 Å². The maximum Gasteiger partial charge on any atom is 0.261 e. The zero-order chi connectivity index (χ0) is 17.1. The van der Waals surface area contributed by atoms with Gasteiger partial charge in [-0.15, -0.1) is 11.3 Å². The molecule has 1 N–H and O–H groups in total. The van der Waals surface area contributed by atoms with E-state index >= 15 is 0 Å². The Balaban J connectivity index is 1.42. The molecule has 0 bridgehead atoms. The minimum absolute atomic E-state index is 0.0299. The van der Waals surface area contributed by atoms with Crippen LogP contribution in [0, 0.1) is 0 Å². The minimum Gasteiger partial charge on any atom is -0.356 e. The zero-order valence-corrected chi connectivity index (χ0v) is 15.0. The summed E-state index contributed by atoms with van der Waals surface area (Å²) in [7, 11) is 0. The summed E-state index contributed by atoms with van der Waals surface area (Å²) in [4.78, 5) is 26.6. The van der Waals surface area contributed by atoms with Crippen molar-refractivity contribution in [1.29, 1.82) is 0 Å².